The molecule has 0 amide bonds. The van der Waals surface area contributed by atoms with Gasteiger partial charge in [0.1, 0.15) is 0 Å². The van der Waals surface area contributed by atoms with Crippen LogP contribution in [0.1, 0.15) is 11.1 Å². The Morgan fingerprint density at radius 3 is 1.33 bits per heavy atom. The number of hydrogen-bond acceptors (Lipinski definition) is 2. The molecule has 0 N–H and O–H groups in total. The predicted octanol–water partition coefficient (Wildman–Crippen LogP) is 8.95. The molecule has 0 aliphatic rings. The lowest BCUT2D eigenvalue weighted by atomic mass is 10.1. The molecule has 0 atom stereocenters. The lowest BCUT2D eigenvalue weighted by molar-refractivity contribution is 1.53. The molecule has 4 aromatic carbocycles. The van der Waals surface area contributed by atoms with Gasteiger partial charge in [-0.1, -0.05) is 94.9 Å². The zero-order valence-corrected chi connectivity index (χ0v) is 18.5. The van der Waals surface area contributed by atoms with Crippen LogP contribution in [-0.2, 0) is 0 Å². The molecule has 6 heteroatoms. The molecule has 148 valence electrons. The quantitative estimate of drug-likeness (QED) is 0.265. The Morgan fingerprint density at radius 2 is 0.900 bits per heavy atom. The largest absolute Gasteiger partial charge is 0.256 e. The summed E-state index contributed by atoms with van der Waals surface area (Å²) in [6.45, 7) is 0. The number of fused-ring (bicyclic) bond motifs is 1. The Balaban J connectivity index is 1.73. The second kappa shape index (κ2) is 9.20. The molecule has 0 bridgehead atoms. The van der Waals surface area contributed by atoms with E-state index in [4.69, 9.17) is 46.4 Å². The highest BCUT2D eigenvalue weighted by molar-refractivity contribution is 6.44. The summed E-state index contributed by atoms with van der Waals surface area (Å²) < 4.78 is 0. The summed E-state index contributed by atoms with van der Waals surface area (Å²) in [7, 11) is 0. The lowest BCUT2D eigenvalue weighted by Crippen LogP contribution is -1.85. The van der Waals surface area contributed by atoms with E-state index in [9.17, 15) is 0 Å². The highest BCUT2D eigenvalue weighted by atomic mass is 35.5. The van der Waals surface area contributed by atoms with Gasteiger partial charge in [-0.3, -0.25) is 9.98 Å². The fourth-order valence-electron chi connectivity index (χ4n) is 3.02. The summed E-state index contributed by atoms with van der Waals surface area (Å²) in [5.74, 6) is 0. The third-order valence-corrected chi connectivity index (χ3v) is 6.19. The number of hydrogen-bond donors (Lipinski definition) is 0. The molecule has 0 radical (unpaired) electrons. The molecular weight excluding hydrogens is 458 g/mol. The van der Waals surface area contributed by atoms with E-state index >= 15 is 0 Å². The molecule has 2 nitrogen and oxygen atoms in total. The molecule has 0 saturated heterocycles. The Morgan fingerprint density at radius 1 is 0.500 bits per heavy atom. The number of nitrogens with zero attached hydrogens (tertiary/aromatic N) is 2. The Kier molecular flexibility index (Phi) is 6.40. The standard InChI is InChI=1S/C24H14Cl4N2/c25-19-9-1-5-15(23(19)27)13-29-21-11-3-8-18-17(21)7-4-12-22(18)30-14-16-6-2-10-20(26)24(16)28/h1-14H. The second-order valence-electron chi connectivity index (χ2n) is 6.45. The molecule has 0 unspecified atom stereocenters. The fraction of sp³-hybridized carbons (Fsp3) is 0. The third-order valence-electron chi connectivity index (χ3n) is 4.52. The van der Waals surface area contributed by atoms with Gasteiger partial charge in [-0.25, -0.2) is 0 Å². The smallest absolute Gasteiger partial charge is 0.0709 e. The average molecular weight is 472 g/mol. The summed E-state index contributed by atoms with van der Waals surface area (Å²) in [5, 5.41) is 3.89. The first-order chi connectivity index (χ1) is 14.5. The van der Waals surface area contributed by atoms with Crippen LogP contribution in [0.15, 0.2) is 82.8 Å². The summed E-state index contributed by atoms with van der Waals surface area (Å²) in [4.78, 5) is 9.27. The summed E-state index contributed by atoms with van der Waals surface area (Å²) in [5.41, 5.74) is 3.12. The Labute approximate surface area is 194 Å². The highest BCUT2D eigenvalue weighted by Gasteiger charge is 2.06. The minimum atomic E-state index is 0.479. The van der Waals surface area contributed by atoms with Crippen molar-refractivity contribution >= 4 is 81.0 Å². The van der Waals surface area contributed by atoms with Crippen LogP contribution in [0.2, 0.25) is 20.1 Å². The topological polar surface area (TPSA) is 24.7 Å². The first kappa shape index (κ1) is 20.9. The van der Waals surface area contributed by atoms with Gasteiger partial charge in [-0.15, -0.1) is 0 Å². The summed E-state index contributed by atoms with van der Waals surface area (Å²) in [6.07, 6.45) is 3.43. The third kappa shape index (κ3) is 4.38. The van der Waals surface area contributed by atoms with Crippen molar-refractivity contribution in [2.24, 2.45) is 9.98 Å². The van der Waals surface area contributed by atoms with E-state index in [0.29, 0.717) is 20.1 Å². The summed E-state index contributed by atoms with van der Waals surface area (Å²) >= 11 is 24.7. The van der Waals surface area contributed by atoms with Crippen LogP contribution in [0, 0.1) is 0 Å². The van der Waals surface area contributed by atoms with Crippen molar-refractivity contribution < 1.29 is 0 Å². The molecule has 0 saturated carbocycles. The van der Waals surface area contributed by atoms with Gasteiger partial charge in [0.15, 0.2) is 0 Å². The maximum absolute atomic E-state index is 6.26. The number of halogens is 4. The number of aliphatic imine (C=N–C) groups is 2. The molecule has 0 aliphatic carbocycles. The average Bonchev–Trinajstić information content (AvgIpc) is 2.76. The van der Waals surface area contributed by atoms with Gasteiger partial charge >= 0.3 is 0 Å². The molecule has 0 aromatic heterocycles. The van der Waals surface area contributed by atoms with Crippen LogP contribution in [0.3, 0.4) is 0 Å². The van der Waals surface area contributed by atoms with E-state index < -0.39 is 0 Å². The predicted molar refractivity (Wildman–Crippen MR) is 131 cm³/mol. The van der Waals surface area contributed by atoms with Gasteiger partial charge in [-0.05, 0) is 24.3 Å². The number of rotatable bonds is 4. The van der Waals surface area contributed by atoms with Gasteiger partial charge in [0.2, 0.25) is 0 Å². The van der Waals surface area contributed by atoms with Gasteiger partial charge in [0, 0.05) is 34.3 Å². The molecule has 4 aromatic rings. The van der Waals surface area contributed by atoms with Crippen LogP contribution in [0.4, 0.5) is 11.4 Å². The lowest BCUT2D eigenvalue weighted by Gasteiger charge is -2.06. The highest BCUT2D eigenvalue weighted by Crippen LogP contribution is 2.33. The SMILES string of the molecule is Clc1cccc(C=Nc2cccc3c(N=Cc4cccc(Cl)c4Cl)cccc23)c1Cl. The Hall–Kier alpha value is -2.36. The minimum Gasteiger partial charge on any atom is -0.256 e. The van der Waals surface area contributed by atoms with Crippen LogP contribution >= 0.6 is 46.4 Å². The first-order valence-electron chi connectivity index (χ1n) is 9.02. The van der Waals surface area contributed by atoms with Crippen LogP contribution in [0.5, 0.6) is 0 Å². The van der Waals surface area contributed by atoms with E-state index in [1.165, 1.54) is 0 Å². The fourth-order valence-corrected chi connectivity index (χ4v) is 3.73. The van der Waals surface area contributed by atoms with Crippen molar-refractivity contribution in [3.8, 4) is 0 Å². The number of benzene rings is 4. The van der Waals surface area contributed by atoms with Gasteiger partial charge in [-0.2, -0.15) is 0 Å². The van der Waals surface area contributed by atoms with E-state index in [2.05, 4.69) is 9.98 Å². The zero-order chi connectivity index (χ0) is 21.1. The molecular formula is C24H14Cl4N2. The molecule has 0 fully saturated rings. The van der Waals surface area contributed by atoms with Crippen molar-refractivity contribution in [1.29, 1.82) is 0 Å². The second-order valence-corrected chi connectivity index (χ2v) is 8.02. The molecule has 0 heterocycles. The van der Waals surface area contributed by atoms with Crippen LogP contribution in [-0.4, -0.2) is 12.4 Å². The van der Waals surface area contributed by atoms with Crippen molar-refractivity contribution in [3.05, 3.63) is 104 Å². The van der Waals surface area contributed by atoms with Gasteiger partial charge in [0.25, 0.3) is 0 Å². The zero-order valence-electron chi connectivity index (χ0n) is 15.5. The molecule has 30 heavy (non-hydrogen) atoms. The van der Waals surface area contributed by atoms with Crippen molar-refractivity contribution in [2.75, 3.05) is 0 Å². The van der Waals surface area contributed by atoms with Crippen molar-refractivity contribution in [3.63, 3.8) is 0 Å². The van der Waals surface area contributed by atoms with Gasteiger partial charge in [0.05, 0.1) is 31.5 Å². The van der Waals surface area contributed by atoms with E-state index in [-0.39, 0.29) is 0 Å². The normalized spacial score (nSPS) is 11.7. The maximum Gasteiger partial charge on any atom is 0.0709 e. The molecule has 4 rings (SSSR count). The molecule has 0 aliphatic heterocycles. The van der Waals surface area contributed by atoms with E-state index in [0.717, 1.165) is 33.3 Å². The summed E-state index contributed by atoms with van der Waals surface area (Å²) in [6, 6.07) is 22.7. The minimum absolute atomic E-state index is 0.479. The van der Waals surface area contributed by atoms with E-state index in [1.54, 1.807) is 24.6 Å². The van der Waals surface area contributed by atoms with Gasteiger partial charge < -0.3 is 0 Å². The first-order valence-corrected chi connectivity index (χ1v) is 10.5. The van der Waals surface area contributed by atoms with Crippen molar-refractivity contribution in [2.45, 2.75) is 0 Å². The molecule has 0 spiro atoms. The van der Waals surface area contributed by atoms with Crippen LogP contribution in [0.25, 0.3) is 10.8 Å². The van der Waals surface area contributed by atoms with E-state index in [1.807, 2.05) is 60.7 Å². The monoisotopic (exact) mass is 470 g/mol. The maximum atomic E-state index is 6.26. The van der Waals surface area contributed by atoms with Crippen LogP contribution < -0.4 is 0 Å². The van der Waals surface area contributed by atoms with Crippen molar-refractivity contribution in [1.82, 2.24) is 0 Å². The Bertz CT molecular complexity index is 1200.